The lowest BCUT2D eigenvalue weighted by Gasteiger charge is -2.15. The largest absolute Gasteiger partial charge is 0.479 e. The van der Waals surface area contributed by atoms with Crippen LogP contribution in [0.3, 0.4) is 0 Å². The van der Waals surface area contributed by atoms with E-state index in [0.29, 0.717) is 40.9 Å². The monoisotopic (exact) mass is 731 g/mol. The number of aliphatic carboxylic acids is 1. The van der Waals surface area contributed by atoms with Gasteiger partial charge >= 0.3 is 5.97 Å². The number of nitrogens with one attached hydrogen (secondary N) is 1. The lowest BCUT2D eigenvalue weighted by molar-refractivity contribution is -0.139. The molecule has 270 valence electrons. The van der Waals surface area contributed by atoms with Gasteiger partial charge in [-0.25, -0.2) is 14.8 Å². The molecule has 0 aliphatic carbocycles. The molecular weight excluding hydrogens is 694 g/mol. The maximum absolute atomic E-state index is 12.5. The average Bonchev–Trinajstić information content (AvgIpc) is 3.69. The van der Waals surface area contributed by atoms with E-state index in [4.69, 9.17) is 26.2 Å². The first-order valence-electron chi connectivity index (χ1n) is 16.9. The van der Waals surface area contributed by atoms with E-state index in [9.17, 15) is 9.59 Å². The van der Waals surface area contributed by atoms with Crippen LogP contribution >= 0.6 is 11.6 Å². The van der Waals surface area contributed by atoms with Crippen LogP contribution in [0.1, 0.15) is 40.8 Å². The number of fused-ring (bicyclic) bond motifs is 2. The molecule has 12 nitrogen and oxygen atoms in total. The quantitative estimate of drug-likeness (QED) is 0.136. The summed E-state index contributed by atoms with van der Waals surface area (Å²) in [5.41, 5.74) is 8.29. The van der Waals surface area contributed by atoms with Gasteiger partial charge in [0, 0.05) is 17.4 Å². The lowest BCUT2D eigenvalue weighted by atomic mass is 10.1. The van der Waals surface area contributed by atoms with Gasteiger partial charge in [-0.15, -0.1) is 0 Å². The van der Waals surface area contributed by atoms with Crippen LogP contribution in [0.15, 0.2) is 109 Å². The van der Waals surface area contributed by atoms with Gasteiger partial charge in [-0.1, -0.05) is 83.4 Å². The van der Waals surface area contributed by atoms with E-state index < -0.39 is 12.6 Å². The summed E-state index contributed by atoms with van der Waals surface area (Å²) in [6.45, 7) is 6.48. The molecule has 7 aromatic rings. The van der Waals surface area contributed by atoms with Gasteiger partial charge in [-0.05, 0) is 73.9 Å². The second-order valence-corrected chi connectivity index (χ2v) is 12.9. The highest BCUT2D eigenvalue weighted by atomic mass is 35.5. The number of hydrogen-bond acceptors (Lipinski definition) is 8. The Morgan fingerprint density at radius 2 is 1.19 bits per heavy atom. The van der Waals surface area contributed by atoms with Gasteiger partial charge in [0.25, 0.3) is 17.9 Å². The number of amides is 1. The number of imidazole rings is 2. The number of carbonyl (C=O) groups is 2. The molecule has 0 aliphatic rings. The summed E-state index contributed by atoms with van der Waals surface area (Å²) in [6, 6.07) is 31.5. The third-order valence-electron chi connectivity index (χ3n) is 8.26. The number of pyridine rings is 2. The zero-order chi connectivity index (χ0) is 37.3. The molecule has 1 amide bonds. The van der Waals surface area contributed by atoms with E-state index in [2.05, 4.69) is 56.4 Å². The first kappa shape index (κ1) is 36.5. The molecular formula is C40H38ClN7O5. The van der Waals surface area contributed by atoms with E-state index >= 15 is 0 Å². The third-order valence-corrected chi connectivity index (χ3v) is 8.52. The topological polar surface area (TPSA) is 146 Å². The van der Waals surface area contributed by atoms with E-state index in [1.807, 2.05) is 73.0 Å². The zero-order valence-electron chi connectivity index (χ0n) is 29.4. The van der Waals surface area contributed by atoms with Crippen LogP contribution in [0.25, 0.3) is 22.3 Å². The number of carboxylic acid groups (broad SMARTS) is 1. The molecule has 0 radical (unpaired) electrons. The summed E-state index contributed by atoms with van der Waals surface area (Å²) in [6.07, 6.45) is 3.40. The van der Waals surface area contributed by atoms with Crippen LogP contribution in [-0.4, -0.2) is 59.3 Å². The molecule has 0 unspecified atom stereocenters. The van der Waals surface area contributed by atoms with Crippen molar-refractivity contribution < 1.29 is 24.2 Å². The molecule has 2 N–H and O–H groups in total. The molecule has 4 heterocycles. The fourth-order valence-electron chi connectivity index (χ4n) is 5.51. The molecule has 0 saturated heterocycles. The summed E-state index contributed by atoms with van der Waals surface area (Å²) in [5, 5.41) is 12.4. The molecule has 0 bridgehead atoms. The van der Waals surface area contributed by atoms with Crippen molar-refractivity contribution in [2.24, 2.45) is 0 Å². The number of benzene rings is 3. The molecule has 13 heteroatoms. The van der Waals surface area contributed by atoms with E-state index in [0.717, 1.165) is 22.2 Å². The van der Waals surface area contributed by atoms with E-state index in [1.165, 1.54) is 11.1 Å². The Hall–Kier alpha value is -6.27. The van der Waals surface area contributed by atoms with Crippen LogP contribution in [0.4, 0.5) is 0 Å². The van der Waals surface area contributed by atoms with Crippen LogP contribution in [0.5, 0.6) is 12.0 Å². The normalized spacial score (nSPS) is 11.5. The van der Waals surface area contributed by atoms with Gasteiger partial charge in [-0.3, -0.25) is 13.9 Å². The Kier molecular flexibility index (Phi) is 11.6. The highest BCUT2D eigenvalue weighted by Crippen LogP contribution is 2.23. The minimum Gasteiger partial charge on any atom is -0.479 e. The van der Waals surface area contributed by atoms with Crippen LogP contribution in [0.2, 0.25) is 5.02 Å². The predicted molar refractivity (Wildman–Crippen MR) is 202 cm³/mol. The smallest absolute Gasteiger partial charge is 0.341 e. The SMILES string of the molecule is Cc1ccc(Cn2c(OCC(=O)N[C@@H](C)c3ccc(Cl)cc3)nc3cccnc32)cc1.Cc1ccc(Cn2c(OCC(=O)O)nc3cccnc32)cc1. The fraction of sp³-hybridized carbons (Fsp3) is 0.200. The molecule has 0 saturated carbocycles. The number of aryl methyl sites for hydroxylation is 2. The van der Waals surface area contributed by atoms with Crippen molar-refractivity contribution in [1.29, 1.82) is 0 Å². The lowest BCUT2D eigenvalue weighted by Crippen LogP contribution is -2.31. The summed E-state index contributed by atoms with van der Waals surface area (Å²) in [5.74, 6) is -1.27. The first-order chi connectivity index (χ1) is 25.6. The van der Waals surface area contributed by atoms with Gasteiger partial charge < -0.3 is 19.9 Å². The average molecular weight is 732 g/mol. The molecule has 3 aromatic carbocycles. The highest BCUT2D eigenvalue weighted by molar-refractivity contribution is 6.30. The Bertz CT molecular complexity index is 2320. The Balaban J connectivity index is 0.000000192. The highest BCUT2D eigenvalue weighted by Gasteiger charge is 2.17. The van der Waals surface area contributed by atoms with Gasteiger partial charge in [0.1, 0.15) is 11.0 Å². The number of ether oxygens (including phenoxy) is 2. The fourth-order valence-corrected chi connectivity index (χ4v) is 5.63. The van der Waals surface area contributed by atoms with E-state index in [1.54, 1.807) is 35.2 Å². The zero-order valence-corrected chi connectivity index (χ0v) is 30.2. The minimum atomic E-state index is -1.04. The van der Waals surface area contributed by atoms with Crippen molar-refractivity contribution in [3.05, 3.63) is 142 Å². The van der Waals surface area contributed by atoms with Gasteiger partial charge in [0.15, 0.2) is 24.5 Å². The van der Waals surface area contributed by atoms with Gasteiger partial charge in [0.05, 0.1) is 19.1 Å². The molecule has 0 spiro atoms. The first-order valence-corrected chi connectivity index (χ1v) is 17.3. The molecule has 7 rings (SSSR count). The van der Waals surface area contributed by atoms with Crippen LogP contribution < -0.4 is 14.8 Å². The van der Waals surface area contributed by atoms with Crippen LogP contribution in [0, 0.1) is 13.8 Å². The standard InChI is InChI=1S/C24H23ClN4O2.C16H15N3O3/c1-16-5-7-18(8-6-16)14-29-23-21(4-3-13-26-23)28-24(29)31-15-22(30)27-17(2)19-9-11-20(25)12-10-19;1-11-4-6-12(7-5-11)9-19-15-13(3-2-8-17-15)18-16(19)22-10-14(20)21/h3-13,17H,14-15H2,1-2H3,(H,27,30);2-8H,9-10H2,1H3,(H,20,21)/t17-;/m0./s1. The van der Waals surface area contributed by atoms with Crippen molar-refractivity contribution in [2.75, 3.05) is 13.2 Å². The summed E-state index contributed by atoms with van der Waals surface area (Å²) in [7, 11) is 0. The van der Waals surface area contributed by atoms with Gasteiger partial charge in [-0.2, -0.15) is 9.97 Å². The second kappa shape index (κ2) is 16.8. The van der Waals surface area contributed by atoms with Crippen molar-refractivity contribution in [2.45, 2.75) is 39.9 Å². The molecule has 4 aromatic heterocycles. The maximum Gasteiger partial charge on any atom is 0.341 e. The second-order valence-electron chi connectivity index (χ2n) is 12.4. The number of carbonyl (C=O) groups excluding carboxylic acids is 1. The Morgan fingerprint density at radius 1 is 0.717 bits per heavy atom. The number of halogens is 1. The number of rotatable bonds is 12. The summed E-state index contributed by atoms with van der Waals surface area (Å²) < 4.78 is 14.8. The molecule has 0 aliphatic heterocycles. The summed E-state index contributed by atoms with van der Waals surface area (Å²) >= 11 is 5.93. The van der Waals surface area contributed by atoms with Crippen molar-refractivity contribution in [3.8, 4) is 12.0 Å². The minimum absolute atomic E-state index is 0.144. The van der Waals surface area contributed by atoms with Crippen LogP contribution in [-0.2, 0) is 22.7 Å². The molecule has 0 fully saturated rings. The Labute approximate surface area is 311 Å². The number of aromatic nitrogens is 6. The van der Waals surface area contributed by atoms with E-state index in [-0.39, 0.29) is 24.6 Å². The maximum atomic E-state index is 12.5. The number of nitrogens with zero attached hydrogens (tertiary/aromatic N) is 6. The number of hydrogen-bond donors (Lipinski definition) is 2. The molecule has 53 heavy (non-hydrogen) atoms. The predicted octanol–water partition coefficient (Wildman–Crippen LogP) is 6.95. The van der Waals surface area contributed by atoms with Gasteiger partial charge in [0.2, 0.25) is 0 Å². The number of carboxylic acids is 1. The molecule has 1 atom stereocenters. The van der Waals surface area contributed by atoms with Crippen molar-refractivity contribution >= 4 is 45.8 Å². The Morgan fingerprint density at radius 3 is 1.66 bits per heavy atom. The van der Waals surface area contributed by atoms with Crippen molar-refractivity contribution in [3.63, 3.8) is 0 Å². The third kappa shape index (κ3) is 9.54. The summed E-state index contributed by atoms with van der Waals surface area (Å²) in [4.78, 5) is 40.8. The van der Waals surface area contributed by atoms with Crippen molar-refractivity contribution in [1.82, 2.24) is 34.4 Å².